The molecular formula is C8H16BiO2. The standard InChI is InChI=1S/C8H16O2.Bi/c1-3-5-6-7(4-2)8(9)10;/h7H,3-6H2,1-2H3,(H,9,10);. The second kappa shape index (κ2) is 8.45. The van der Waals surface area contributed by atoms with Crippen LogP contribution in [0.4, 0.5) is 0 Å². The third-order valence-corrected chi connectivity index (χ3v) is 1.75. The van der Waals surface area contributed by atoms with Crippen molar-refractivity contribution in [3.63, 3.8) is 0 Å². The Morgan fingerprint density at radius 1 is 1.45 bits per heavy atom. The first-order chi connectivity index (χ1) is 4.72. The first-order valence-corrected chi connectivity index (χ1v) is 3.95. The molecule has 2 nitrogen and oxygen atoms in total. The van der Waals surface area contributed by atoms with Crippen molar-refractivity contribution in [3.05, 3.63) is 0 Å². The summed E-state index contributed by atoms with van der Waals surface area (Å²) in [5.41, 5.74) is 0. The van der Waals surface area contributed by atoms with Crippen LogP contribution >= 0.6 is 0 Å². The summed E-state index contributed by atoms with van der Waals surface area (Å²) in [5, 5.41) is 8.60. The number of hydrogen-bond donors (Lipinski definition) is 1. The van der Waals surface area contributed by atoms with Gasteiger partial charge >= 0.3 is 5.97 Å². The predicted octanol–water partition coefficient (Wildman–Crippen LogP) is 1.91. The van der Waals surface area contributed by atoms with Crippen LogP contribution in [0.1, 0.15) is 39.5 Å². The summed E-state index contributed by atoms with van der Waals surface area (Å²) in [6, 6.07) is 0. The second-order valence-electron chi connectivity index (χ2n) is 2.59. The molecule has 0 fully saturated rings. The maximum Gasteiger partial charge on any atom is 0.306 e. The van der Waals surface area contributed by atoms with E-state index in [1.165, 1.54) is 0 Å². The Morgan fingerprint density at radius 3 is 2.27 bits per heavy atom. The molecule has 0 aliphatic heterocycles. The number of aliphatic carboxylic acids is 1. The van der Waals surface area contributed by atoms with Gasteiger partial charge < -0.3 is 5.11 Å². The predicted molar refractivity (Wildman–Crippen MR) is 46.7 cm³/mol. The van der Waals surface area contributed by atoms with E-state index in [1.54, 1.807) is 0 Å². The minimum absolute atomic E-state index is 0. The van der Waals surface area contributed by atoms with Gasteiger partial charge in [-0.25, -0.2) is 0 Å². The molecule has 1 unspecified atom stereocenters. The Morgan fingerprint density at radius 2 is 2.00 bits per heavy atom. The van der Waals surface area contributed by atoms with Gasteiger partial charge in [0.15, 0.2) is 0 Å². The van der Waals surface area contributed by atoms with Gasteiger partial charge in [0, 0.05) is 26.2 Å². The molecule has 0 amide bonds. The zero-order valence-corrected chi connectivity index (χ0v) is 10.7. The van der Waals surface area contributed by atoms with Crippen molar-refractivity contribution >= 4 is 32.2 Å². The van der Waals surface area contributed by atoms with E-state index in [4.69, 9.17) is 5.11 Å². The molecule has 65 valence electrons. The Balaban J connectivity index is 0. The Hall–Kier alpha value is 0.353. The summed E-state index contributed by atoms with van der Waals surface area (Å²) in [5.74, 6) is -0.754. The molecule has 3 radical (unpaired) electrons. The van der Waals surface area contributed by atoms with Crippen LogP contribution in [-0.4, -0.2) is 37.3 Å². The molecule has 0 rings (SSSR count). The number of carboxylic acids is 1. The van der Waals surface area contributed by atoms with Crippen LogP contribution in [0.2, 0.25) is 0 Å². The van der Waals surface area contributed by atoms with Crippen LogP contribution in [0.25, 0.3) is 0 Å². The Labute approximate surface area is 87.5 Å². The van der Waals surface area contributed by atoms with Gasteiger partial charge in [-0.3, -0.25) is 4.79 Å². The molecule has 0 heterocycles. The maximum absolute atomic E-state index is 10.4. The van der Waals surface area contributed by atoms with Crippen LogP contribution in [0.5, 0.6) is 0 Å². The van der Waals surface area contributed by atoms with E-state index >= 15 is 0 Å². The molecule has 0 aromatic rings. The van der Waals surface area contributed by atoms with Crippen molar-refractivity contribution in [2.24, 2.45) is 5.92 Å². The van der Waals surface area contributed by atoms with Gasteiger partial charge in [0.05, 0.1) is 5.92 Å². The fourth-order valence-corrected chi connectivity index (χ4v) is 0.953. The fraction of sp³-hybridized carbons (Fsp3) is 0.875. The van der Waals surface area contributed by atoms with Crippen molar-refractivity contribution in [2.75, 3.05) is 0 Å². The topological polar surface area (TPSA) is 37.3 Å². The SMILES string of the molecule is CCCCC(CC)C(=O)O.[Bi]. The van der Waals surface area contributed by atoms with Crippen LogP contribution in [0, 0.1) is 5.92 Å². The van der Waals surface area contributed by atoms with Gasteiger partial charge in [-0.05, 0) is 12.8 Å². The molecule has 1 N–H and O–H groups in total. The quantitative estimate of drug-likeness (QED) is 0.767. The molecule has 0 aromatic heterocycles. The molecule has 11 heavy (non-hydrogen) atoms. The van der Waals surface area contributed by atoms with Crippen molar-refractivity contribution in [1.82, 2.24) is 0 Å². The van der Waals surface area contributed by atoms with Gasteiger partial charge in [-0.2, -0.15) is 0 Å². The molecule has 3 heteroatoms. The molecule has 0 aliphatic rings. The molecule has 1 atom stereocenters. The van der Waals surface area contributed by atoms with Crippen molar-refractivity contribution in [1.29, 1.82) is 0 Å². The third kappa shape index (κ3) is 6.74. The summed E-state index contributed by atoms with van der Waals surface area (Å²) in [6.45, 7) is 4.00. The summed E-state index contributed by atoms with van der Waals surface area (Å²) in [7, 11) is 0. The van der Waals surface area contributed by atoms with E-state index in [0.29, 0.717) is 0 Å². The Kier molecular flexibility index (Phi) is 10.7. The largest absolute Gasteiger partial charge is 0.481 e. The van der Waals surface area contributed by atoms with Crippen LogP contribution in [0.15, 0.2) is 0 Å². The molecule has 0 saturated heterocycles. The van der Waals surface area contributed by atoms with E-state index in [0.717, 1.165) is 25.7 Å². The molecular weight excluding hydrogens is 337 g/mol. The maximum atomic E-state index is 10.4. The fourth-order valence-electron chi connectivity index (χ4n) is 0.953. The van der Waals surface area contributed by atoms with Crippen LogP contribution in [0.3, 0.4) is 0 Å². The van der Waals surface area contributed by atoms with E-state index in [2.05, 4.69) is 6.92 Å². The third-order valence-electron chi connectivity index (χ3n) is 1.75. The zero-order chi connectivity index (χ0) is 7.98. The number of carboxylic acid groups (broad SMARTS) is 1. The van der Waals surface area contributed by atoms with E-state index in [-0.39, 0.29) is 32.1 Å². The van der Waals surface area contributed by atoms with E-state index in [9.17, 15) is 4.79 Å². The number of unbranched alkanes of at least 4 members (excludes halogenated alkanes) is 1. The summed E-state index contributed by atoms with van der Waals surface area (Å²) < 4.78 is 0. The first-order valence-electron chi connectivity index (χ1n) is 3.95. The minimum Gasteiger partial charge on any atom is -0.481 e. The minimum atomic E-state index is -0.643. The Bertz CT molecular complexity index is 104. The normalized spacial score (nSPS) is 11.8. The van der Waals surface area contributed by atoms with Crippen LogP contribution in [-0.2, 0) is 4.79 Å². The van der Waals surface area contributed by atoms with Gasteiger partial charge in [-0.15, -0.1) is 0 Å². The van der Waals surface area contributed by atoms with Gasteiger partial charge in [0.1, 0.15) is 0 Å². The first kappa shape index (κ1) is 13.9. The molecule has 0 aliphatic carbocycles. The molecule has 0 saturated carbocycles. The summed E-state index contributed by atoms with van der Waals surface area (Å²) in [6.07, 6.45) is 3.71. The summed E-state index contributed by atoms with van der Waals surface area (Å²) >= 11 is 0. The average Bonchev–Trinajstić information content (AvgIpc) is 1.89. The van der Waals surface area contributed by atoms with Gasteiger partial charge in [-0.1, -0.05) is 26.7 Å². The molecule has 0 bridgehead atoms. The average molecular weight is 353 g/mol. The summed E-state index contributed by atoms with van der Waals surface area (Å²) in [4.78, 5) is 10.4. The van der Waals surface area contributed by atoms with Crippen molar-refractivity contribution < 1.29 is 9.90 Å². The van der Waals surface area contributed by atoms with E-state index < -0.39 is 5.97 Å². The van der Waals surface area contributed by atoms with Crippen molar-refractivity contribution in [2.45, 2.75) is 39.5 Å². The smallest absolute Gasteiger partial charge is 0.306 e. The number of carbonyl (C=O) groups is 1. The molecule has 0 aromatic carbocycles. The number of rotatable bonds is 5. The van der Waals surface area contributed by atoms with Gasteiger partial charge in [0.2, 0.25) is 0 Å². The van der Waals surface area contributed by atoms with Gasteiger partial charge in [0.25, 0.3) is 0 Å². The monoisotopic (exact) mass is 353 g/mol. The number of hydrogen-bond acceptors (Lipinski definition) is 1. The van der Waals surface area contributed by atoms with E-state index in [1.807, 2.05) is 6.92 Å². The van der Waals surface area contributed by atoms with Crippen molar-refractivity contribution in [3.8, 4) is 0 Å². The molecule has 0 spiro atoms. The zero-order valence-electron chi connectivity index (χ0n) is 7.21. The second-order valence-corrected chi connectivity index (χ2v) is 2.59. The van der Waals surface area contributed by atoms with Crippen LogP contribution < -0.4 is 0 Å².